The lowest BCUT2D eigenvalue weighted by molar-refractivity contribution is -0.116. The molecule has 2 N–H and O–H groups in total. The number of para-hydroxylation sites is 1. The number of amides is 1. The van der Waals surface area contributed by atoms with Crippen LogP contribution < -0.4 is 5.32 Å². The van der Waals surface area contributed by atoms with Gasteiger partial charge in [-0.2, -0.15) is 4.98 Å². The molecule has 0 saturated carbocycles. The van der Waals surface area contributed by atoms with Crippen LogP contribution in [0.15, 0.2) is 52.1 Å². The number of carbonyl (C=O) groups is 1. The lowest BCUT2D eigenvalue weighted by atomic mass is 10.1. The Morgan fingerprint density at radius 3 is 2.56 bits per heavy atom. The van der Waals surface area contributed by atoms with Gasteiger partial charge >= 0.3 is 0 Å². The van der Waals surface area contributed by atoms with Gasteiger partial charge in [-0.1, -0.05) is 64.9 Å². The first kappa shape index (κ1) is 21.8. The van der Waals surface area contributed by atoms with Crippen molar-refractivity contribution in [2.75, 3.05) is 5.32 Å². The molecule has 0 aliphatic rings. The number of aromatic amines is 1. The smallest absolute Gasteiger partial charge is 0.227 e. The van der Waals surface area contributed by atoms with Gasteiger partial charge in [0.2, 0.25) is 17.0 Å². The predicted octanol–water partition coefficient (Wildman–Crippen LogP) is 4.64. The van der Waals surface area contributed by atoms with Crippen molar-refractivity contribution in [2.45, 2.75) is 44.5 Å². The summed E-state index contributed by atoms with van der Waals surface area (Å²) in [5.41, 5.74) is 5.10. The van der Waals surface area contributed by atoms with Crippen LogP contribution in [0.1, 0.15) is 34.8 Å². The van der Waals surface area contributed by atoms with Crippen molar-refractivity contribution in [1.82, 2.24) is 25.3 Å². The molecular weight excluding hydrogens is 424 g/mol. The topological polar surface area (TPSA) is 110 Å². The van der Waals surface area contributed by atoms with E-state index in [1.807, 2.05) is 63.2 Å². The maximum Gasteiger partial charge on any atom is 0.227 e. The Hall–Kier alpha value is -3.46. The molecular formula is C23H24N6O2S. The number of rotatable bonds is 8. The van der Waals surface area contributed by atoms with Gasteiger partial charge in [-0.05, 0) is 31.9 Å². The summed E-state index contributed by atoms with van der Waals surface area (Å²) in [6, 6.07) is 14.0. The van der Waals surface area contributed by atoms with Gasteiger partial charge in [0.1, 0.15) is 0 Å². The normalized spacial score (nSPS) is 11.0. The molecule has 0 aliphatic heterocycles. The van der Waals surface area contributed by atoms with Crippen molar-refractivity contribution in [2.24, 2.45) is 0 Å². The van der Waals surface area contributed by atoms with Crippen LogP contribution in [0.5, 0.6) is 0 Å². The molecule has 0 atom stereocenters. The molecule has 4 rings (SSSR count). The van der Waals surface area contributed by atoms with E-state index in [1.165, 1.54) is 17.3 Å². The van der Waals surface area contributed by atoms with Crippen molar-refractivity contribution in [3.05, 3.63) is 70.9 Å². The van der Waals surface area contributed by atoms with Crippen molar-refractivity contribution < 1.29 is 9.32 Å². The summed E-state index contributed by atoms with van der Waals surface area (Å²) in [6.07, 6.45) is 0.649. The maximum absolute atomic E-state index is 12.3. The quantitative estimate of drug-likeness (QED) is 0.378. The summed E-state index contributed by atoms with van der Waals surface area (Å²) in [7, 11) is 0. The van der Waals surface area contributed by atoms with E-state index in [0.717, 1.165) is 28.2 Å². The molecule has 0 aliphatic carbocycles. The summed E-state index contributed by atoms with van der Waals surface area (Å²) in [4.78, 5) is 21.2. The highest BCUT2D eigenvalue weighted by molar-refractivity contribution is 7.98. The zero-order chi connectivity index (χ0) is 22.5. The third kappa shape index (κ3) is 5.42. The summed E-state index contributed by atoms with van der Waals surface area (Å²) in [5, 5.41) is 14.8. The second kappa shape index (κ2) is 9.78. The third-order valence-corrected chi connectivity index (χ3v) is 5.79. The number of thioether (sulfide) groups is 1. The van der Waals surface area contributed by atoms with Crippen LogP contribution in [0.25, 0.3) is 11.4 Å². The number of nitrogens with one attached hydrogen (secondary N) is 2. The number of carbonyl (C=O) groups excluding carboxylic acids is 1. The van der Waals surface area contributed by atoms with Gasteiger partial charge < -0.3 is 9.84 Å². The fourth-order valence-electron chi connectivity index (χ4n) is 3.16. The lowest BCUT2D eigenvalue weighted by Gasteiger charge is -2.10. The standard InChI is InChI=1S/C23H24N6O2S/c1-14-7-9-17(10-8-14)22-26-23(28-27-22)32-13-18-24-20(31-29-18)12-11-19(30)25-21-15(2)5-4-6-16(21)3/h4-10H,11-13H2,1-3H3,(H,25,30)(H,26,27,28). The van der Waals surface area contributed by atoms with Crippen LogP contribution in [-0.2, 0) is 17.0 Å². The van der Waals surface area contributed by atoms with E-state index in [1.54, 1.807) is 0 Å². The summed E-state index contributed by atoms with van der Waals surface area (Å²) in [5.74, 6) is 2.09. The van der Waals surface area contributed by atoms with E-state index in [4.69, 9.17) is 4.52 Å². The van der Waals surface area contributed by atoms with Crippen LogP contribution >= 0.6 is 11.8 Å². The Morgan fingerprint density at radius 1 is 1.06 bits per heavy atom. The van der Waals surface area contributed by atoms with Crippen molar-refractivity contribution in [1.29, 1.82) is 0 Å². The number of hydrogen-bond acceptors (Lipinski definition) is 7. The Labute approximate surface area is 190 Å². The Balaban J connectivity index is 1.27. The van der Waals surface area contributed by atoms with Gasteiger partial charge in [0.05, 0.1) is 5.75 Å². The maximum atomic E-state index is 12.3. The first-order valence-corrected chi connectivity index (χ1v) is 11.3. The van der Waals surface area contributed by atoms with E-state index >= 15 is 0 Å². The zero-order valence-corrected chi connectivity index (χ0v) is 19.0. The minimum absolute atomic E-state index is 0.0825. The third-order valence-electron chi connectivity index (χ3n) is 4.94. The van der Waals surface area contributed by atoms with Gasteiger partial charge in [0.25, 0.3) is 0 Å². The van der Waals surface area contributed by atoms with Gasteiger partial charge in [-0.3, -0.25) is 9.89 Å². The zero-order valence-electron chi connectivity index (χ0n) is 18.2. The van der Waals surface area contributed by atoms with Gasteiger partial charge in [0.15, 0.2) is 11.6 Å². The molecule has 1 amide bonds. The van der Waals surface area contributed by atoms with E-state index in [0.29, 0.717) is 29.0 Å². The number of hydrogen-bond donors (Lipinski definition) is 2. The molecule has 0 fully saturated rings. The monoisotopic (exact) mass is 448 g/mol. The van der Waals surface area contributed by atoms with E-state index in [9.17, 15) is 4.79 Å². The number of aryl methyl sites for hydroxylation is 4. The van der Waals surface area contributed by atoms with Crippen molar-refractivity contribution in [3.8, 4) is 11.4 Å². The average Bonchev–Trinajstić information content (AvgIpc) is 3.44. The second-order valence-corrected chi connectivity index (χ2v) is 8.48. The molecule has 0 unspecified atom stereocenters. The molecule has 9 heteroatoms. The molecule has 4 aromatic rings. The molecule has 0 bridgehead atoms. The van der Waals surface area contributed by atoms with E-state index in [-0.39, 0.29) is 12.3 Å². The van der Waals surface area contributed by atoms with Crippen LogP contribution in [0.3, 0.4) is 0 Å². The fourth-order valence-corrected chi connectivity index (χ4v) is 3.81. The SMILES string of the molecule is Cc1ccc(-c2nc(SCc3noc(CCC(=O)Nc4c(C)cccc4C)n3)n[nH]2)cc1. The Morgan fingerprint density at radius 2 is 1.81 bits per heavy atom. The minimum Gasteiger partial charge on any atom is -0.339 e. The minimum atomic E-state index is -0.0825. The molecule has 0 radical (unpaired) electrons. The number of benzene rings is 2. The number of anilines is 1. The summed E-state index contributed by atoms with van der Waals surface area (Å²) >= 11 is 1.42. The van der Waals surface area contributed by atoms with E-state index in [2.05, 4.69) is 30.6 Å². The highest BCUT2D eigenvalue weighted by Gasteiger charge is 2.13. The van der Waals surface area contributed by atoms with Crippen LogP contribution in [-0.4, -0.2) is 31.2 Å². The van der Waals surface area contributed by atoms with Crippen molar-refractivity contribution in [3.63, 3.8) is 0 Å². The second-order valence-electron chi connectivity index (χ2n) is 7.54. The highest BCUT2D eigenvalue weighted by atomic mass is 32.2. The Bertz CT molecular complexity index is 1200. The van der Waals surface area contributed by atoms with Gasteiger partial charge in [0, 0.05) is 24.1 Å². The van der Waals surface area contributed by atoms with Crippen molar-refractivity contribution >= 4 is 23.4 Å². The lowest BCUT2D eigenvalue weighted by Crippen LogP contribution is -2.14. The summed E-state index contributed by atoms with van der Waals surface area (Å²) < 4.78 is 5.28. The molecule has 2 aromatic heterocycles. The first-order valence-electron chi connectivity index (χ1n) is 10.3. The van der Waals surface area contributed by atoms with E-state index < -0.39 is 0 Å². The molecule has 0 spiro atoms. The Kier molecular flexibility index (Phi) is 6.65. The number of aromatic nitrogens is 5. The molecule has 2 aromatic carbocycles. The summed E-state index contributed by atoms with van der Waals surface area (Å²) in [6.45, 7) is 5.99. The van der Waals surface area contributed by atoms with Gasteiger partial charge in [-0.15, -0.1) is 5.10 Å². The fraction of sp³-hybridized carbons (Fsp3) is 0.261. The van der Waals surface area contributed by atoms with Crippen LogP contribution in [0, 0.1) is 20.8 Å². The molecule has 2 heterocycles. The van der Waals surface area contributed by atoms with Crippen LogP contribution in [0.4, 0.5) is 5.69 Å². The number of H-pyrrole nitrogens is 1. The average molecular weight is 449 g/mol. The van der Waals surface area contributed by atoms with Gasteiger partial charge in [-0.25, -0.2) is 4.98 Å². The van der Waals surface area contributed by atoms with Crippen LogP contribution in [0.2, 0.25) is 0 Å². The highest BCUT2D eigenvalue weighted by Crippen LogP contribution is 2.22. The predicted molar refractivity (Wildman–Crippen MR) is 123 cm³/mol. The largest absolute Gasteiger partial charge is 0.339 e. The molecule has 0 saturated heterocycles. The first-order chi connectivity index (χ1) is 15.5. The molecule has 32 heavy (non-hydrogen) atoms. The molecule has 8 nitrogen and oxygen atoms in total. The number of nitrogens with zero attached hydrogens (tertiary/aromatic N) is 4. The molecule has 164 valence electrons.